The summed E-state index contributed by atoms with van der Waals surface area (Å²) in [5.74, 6) is 0.986. The molecule has 0 bridgehead atoms. The lowest BCUT2D eigenvalue weighted by Gasteiger charge is -2.05. The summed E-state index contributed by atoms with van der Waals surface area (Å²) in [5, 5.41) is 11.8. The van der Waals surface area contributed by atoms with Crippen LogP contribution in [0.5, 0.6) is 0 Å². The van der Waals surface area contributed by atoms with E-state index in [1.165, 1.54) is 25.2 Å². The minimum Gasteiger partial charge on any atom is -0.476 e. The van der Waals surface area contributed by atoms with E-state index in [0.717, 1.165) is 17.8 Å². The molecule has 0 amide bonds. The number of hydrogen-bond acceptors (Lipinski definition) is 6. The number of carbonyl (C=O) groups is 1. The summed E-state index contributed by atoms with van der Waals surface area (Å²) in [6, 6.07) is 0. The Morgan fingerprint density at radius 2 is 1.90 bits per heavy atom. The van der Waals surface area contributed by atoms with Gasteiger partial charge < -0.3 is 10.4 Å². The fourth-order valence-corrected chi connectivity index (χ4v) is 1.91. The van der Waals surface area contributed by atoms with Crippen molar-refractivity contribution in [2.45, 2.75) is 25.2 Å². The van der Waals surface area contributed by atoms with Gasteiger partial charge in [0.25, 0.3) is 0 Å². The van der Waals surface area contributed by atoms with Gasteiger partial charge in [-0.1, -0.05) is 0 Å². The van der Waals surface area contributed by atoms with Gasteiger partial charge in [0.15, 0.2) is 5.69 Å². The molecular formula is C14H15N5O2. The van der Waals surface area contributed by atoms with Gasteiger partial charge in [-0.2, -0.15) is 0 Å². The summed E-state index contributed by atoms with van der Waals surface area (Å²) in [5.41, 5.74) is 0.992. The zero-order valence-corrected chi connectivity index (χ0v) is 11.4. The van der Waals surface area contributed by atoms with Crippen molar-refractivity contribution in [3.8, 4) is 0 Å². The standard InChI is InChI=1S/C14H15N5O2/c20-14(21)11-7-17-12(8-16-11)15-4-3-9-5-18-13(19-6-9)10-1-2-10/h5-8,10H,1-4H2,(H,15,17)(H,20,21). The quantitative estimate of drug-likeness (QED) is 0.829. The first kappa shape index (κ1) is 13.4. The molecule has 0 spiro atoms. The number of nitrogens with one attached hydrogen (secondary N) is 1. The molecule has 0 aromatic carbocycles. The van der Waals surface area contributed by atoms with Gasteiger partial charge in [-0.05, 0) is 24.8 Å². The van der Waals surface area contributed by atoms with Gasteiger partial charge in [-0.25, -0.2) is 24.7 Å². The molecule has 2 N–H and O–H groups in total. The summed E-state index contributed by atoms with van der Waals surface area (Å²) >= 11 is 0. The van der Waals surface area contributed by atoms with Crippen LogP contribution in [0.1, 0.15) is 40.6 Å². The Balaban J connectivity index is 1.49. The summed E-state index contributed by atoms with van der Waals surface area (Å²) in [6.07, 6.45) is 9.54. The predicted molar refractivity (Wildman–Crippen MR) is 75.2 cm³/mol. The highest BCUT2D eigenvalue weighted by molar-refractivity contribution is 5.84. The first-order valence-corrected chi connectivity index (χ1v) is 6.82. The number of nitrogens with zero attached hydrogens (tertiary/aromatic N) is 4. The van der Waals surface area contributed by atoms with E-state index in [1.807, 2.05) is 12.4 Å². The Morgan fingerprint density at radius 1 is 1.14 bits per heavy atom. The monoisotopic (exact) mass is 285 g/mol. The largest absolute Gasteiger partial charge is 0.476 e. The summed E-state index contributed by atoms with van der Waals surface area (Å²) < 4.78 is 0. The average Bonchev–Trinajstić information content (AvgIpc) is 3.33. The van der Waals surface area contributed by atoms with Crippen molar-refractivity contribution < 1.29 is 9.90 Å². The fraction of sp³-hybridized carbons (Fsp3) is 0.357. The first-order chi connectivity index (χ1) is 10.2. The molecule has 2 heterocycles. The third-order valence-electron chi connectivity index (χ3n) is 3.26. The second-order valence-corrected chi connectivity index (χ2v) is 4.99. The molecule has 3 rings (SSSR count). The van der Waals surface area contributed by atoms with Crippen molar-refractivity contribution in [1.82, 2.24) is 19.9 Å². The average molecular weight is 285 g/mol. The highest BCUT2D eigenvalue weighted by Gasteiger charge is 2.25. The van der Waals surface area contributed by atoms with Crippen LogP contribution in [-0.4, -0.2) is 37.6 Å². The number of carboxylic acids is 1. The minimum absolute atomic E-state index is 0.0652. The molecule has 1 saturated carbocycles. The summed E-state index contributed by atoms with van der Waals surface area (Å²) in [7, 11) is 0. The molecule has 0 radical (unpaired) electrons. The zero-order chi connectivity index (χ0) is 14.7. The highest BCUT2D eigenvalue weighted by Crippen LogP contribution is 2.37. The lowest BCUT2D eigenvalue weighted by molar-refractivity contribution is 0.0690. The van der Waals surface area contributed by atoms with Crippen LogP contribution in [0.15, 0.2) is 24.8 Å². The molecular weight excluding hydrogens is 270 g/mol. The highest BCUT2D eigenvalue weighted by atomic mass is 16.4. The number of carboxylic acid groups (broad SMARTS) is 1. The molecule has 108 valence electrons. The second-order valence-electron chi connectivity index (χ2n) is 4.99. The zero-order valence-electron chi connectivity index (χ0n) is 11.4. The topological polar surface area (TPSA) is 101 Å². The van der Waals surface area contributed by atoms with Crippen molar-refractivity contribution in [2.75, 3.05) is 11.9 Å². The van der Waals surface area contributed by atoms with Crippen molar-refractivity contribution in [2.24, 2.45) is 0 Å². The Morgan fingerprint density at radius 3 is 2.48 bits per heavy atom. The Bertz CT molecular complexity index is 623. The van der Waals surface area contributed by atoms with Crippen LogP contribution in [0, 0.1) is 0 Å². The van der Waals surface area contributed by atoms with Crippen LogP contribution >= 0.6 is 0 Å². The van der Waals surface area contributed by atoms with Crippen LogP contribution in [0.4, 0.5) is 5.82 Å². The number of hydrogen-bond donors (Lipinski definition) is 2. The third kappa shape index (κ3) is 3.50. The minimum atomic E-state index is -1.08. The van der Waals surface area contributed by atoms with Crippen molar-refractivity contribution in [3.63, 3.8) is 0 Å². The van der Waals surface area contributed by atoms with Crippen LogP contribution in [0.3, 0.4) is 0 Å². The van der Waals surface area contributed by atoms with Gasteiger partial charge in [0.2, 0.25) is 0 Å². The molecule has 1 fully saturated rings. The number of rotatable bonds is 6. The molecule has 2 aromatic rings. The number of anilines is 1. The third-order valence-corrected chi connectivity index (χ3v) is 3.26. The van der Waals surface area contributed by atoms with Crippen molar-refractivity contribution in [3.05, 3.63) is 41.9 Å². The van der Waals surface area contributed by atoms with Crippen LogP contribution < -0.4 is 5.32 Å². The number of aromatic nitrogens is 4. The molecule has 0 atom stereocenters. The molecule has 1 aliphatic rings. The SMILES string of the molecule is O=C(O)c1cnc(NCCc2cnc(C3CC3)nc2)cn1. The van der Waals surface area contributed by atoms with Crippen molar-refractivity contribution in [1.29, 1.82) is 0 Å². The number of aromatic carboxylic acids is 1. The Labute approximate surface area is 121 Å². The molecule has 1 aliphatic carbocycles. The Hall–Kier alpha value is -2.57. The molecule has 0 saturated heterocycles. The van der Waals surface area contributed by atoms with E-state index in [4.69, 9.17) is 5.11 Å². The van der Waals surface area contributed by atoms with Crippen molar-refractivity contribution >= 4 is 11.8 Å². The Kier molecular flexibility index (Phi) is 3.72. The van der Waals surface area contributed by atoms with Gasteiger partial charge in [0, 0.05) is 24.9 Å². The lowest BCUT2D eigenvalue weighted by atomic mass is 10.2. The van der Waals surface area contributed by atoms with E-state index >= 15 is 0 Å². The summed E-state index contributed by atoms with van der Waals surface area (Å²) in [4.78, 5) is 27.2. The van der Waals surface area contributed by atoms with E-state index in [9.17, 15) is 4.79 Å². The van der Waals surface area contributed by atoms with E-state index in [-0.39, 0.29) is 5.69 Å². The van der Waals surface area contributed by atoms with Crippen LogP contribution in [-0.2, 0) is 6.42 Å². The van der Waals surface area contributed by atoms with Crippen LogP contribution in [0.25, 0.3) is 0 Å². The van der Waals surface area contributed by atoms with E-state index in [0.29, 0.717) is 18.3 Å². The van der Waals surface area contributed by atoms with E-state index in [1.54, 1.807) is 0 Å². The lowest BCUT2D eigenvalue weighted by Crippen LogP contribution is -2.09. The molecule has 21 heavy (non-hydrogen) atoms. The van der Waals surface area contributed by atoms with Gasteiger partial charge in [0.05, 0.1) is 12.4 Å². The molecule has 7 heteroatoms. The van der Waals surface area contributed by atoms with Gasteiger partial charge in [-0.3, -0.25) is 0 Å². The maximum absolute atomic E-state index is 10.7. The summed E-state index contributed by atoms with van der Waals surface area (Å²) in [6.45, 7) is 0.660. The maximum Gasteiger partial charge on any atom is 0.356 e. The maximum atomic E-state index is 10.7. The molecule has 2 aromatic heterocycles. The second kappa shape index (κ2) is 5.82. The van der Waals surface area contributed by atoms with E-state index in [2.05, 4.69) is 25.3 Å². The molecule has 0 aliphatic heterocycles. The van der Waals surface area contributed by atoms with Gasteiger partial charge >= 0.3 is 5.97 Å². The van der Waals surface area contributed by atoms with Crippen LogP contribution in [0.2, 0.25) is 0 Å². The normalized spacial score (nSPS) is 13.9. The molecule has 0 unspecified atom stereocenters. The van der Waals surface area contributed by atoms with Gasteiger partial charge in [-0.15, -0.1) is 0 Å². The molecule has 7 nitrogen and oxygen atoms in total. The first-order valence-electron chi connectivity index (χ1n) is 6.82. The fourth-order valence-electron chi connectivity index (χ4n) is 1.91. The van der Waals surface area contributed by atoms with E-state index < -0.39 is 5.97 Å². The smallest absolute Gasteiger partial charge is 0.356 e. The predicted octanol–water partition coefficient (Wildman–Crippen LogP) is 1.50. The van der Waals surface area contributed by atoms with Gasteiger partial charge in [0.1, 0.15) is 11.6 Å².